The number of rotatable bonds is 2. The number of amides is 1. The summed E-state index contributed by atoms with van der Waals surface area (Å²) in [5, 5.41) is 8.17. The topological polar surface area (TPSA) is 72.7 Å². The van der Waals surface area contributed by atoms with Gasteiger partial charge in [-0.1, -0.05) is 23.2 Å². The number of fused-ring (bicyclic) bond motifs is 1. The van der Waals surface area contributed by atoms with E-state index in [0.29, 0.717) is 46.0 Å². The molecule has 0 spiro atoms. The second kappa shape index (κ2) is 5.89. The fourth-order valence-electron chi connectivity index (χ4n) is 2.54. The first-order valence-corrected chi connectivity index (χ1v) is 8.02. The van der Waals surface area contributed by atoms with Gasteiger partial charge >= 0.3 is 0 Å². The molecule has 1 aliphatic rings. The Kier molecular flexibility index (Phi) is 3.70. The first-order valence-electron chi connectivity index (χ1n) is 7.27. The van der Waals surface area contributed by atoms with Gasteiger partial charge in [-0.3, -0.25) is 9.48 Å². The molecule has 24 heavy (non-hydrogen) atoms. The Balaban J connectivity index is 1.75. The van der Waals surface area contributed by atoms with E-state index in [-0.39, 0.29) is 5.91 Å². The summed E-state index contributed by atoms with van der Waals surface area (Å²) in [4.78, 5) is 20.7. The third-order valence-corrected chi connectivity index (χ3v) is 4.46. The zero-order valence-electron chi connectivity index (χ0n) is 12.3. The van der Waals surface area contributed by atoms with Gasteiger partial charge in [-0.15, -0.1) is 0 Å². The van der Waals surface area contributed by atoms with Crippen molar-refractivity contribution in [3.63, 3.8) is 0 Å². The van der Waals surface area contributed by atoms with Crippen LogP contribution in [0.25, 0.3) is 22.8 Å². The Bertz CT molecular complexity index is 953. The molecule has 0 aliphatic carbocycles. The normalized spacial score (nSPS) is 13.5. The SMILES string of the molecule is O=C1NCCn2nc(-c3ccnc(-c4ccc(Cl)c(Cl)c4)n3)cc21. The van der Waals surface area contributed by atoms with Crippen LogP contribution >= 0.6 is 23.2 Å². The van der Waals surface area contributed by atoms with Crippen molar-refractivity contribution < 1.29 is 4.79 Å². The highest BCUT2D eigenvalue weighted by Crippen LogP contribution is 2.28. The van der Waals surface area contributed by atoms with Crippen molar-refractivity contribution in [2.24, 2.45) is 0 Å². The summed E-state index contributed by atoms with van der Waals surface area (Å²) in [5.74, 6) is 0.389. The number of carbonyl (C=O) groups excluding carboxylic acids is 1. The highest BCUT2D eigenvalue weighted by atomic mass is 35.5. The fraction of sp³-hybridized carbons (Fsp3) is 0.125. The average molecular weight is 360 g/mol. The molecule has 0 radical (unpaired) electrons. The van der Waals surface area contributed by atoms with Crippen LogP contribution in [0.4, 0.5) is 0 Å². The average Bonchev–Trinajstić information content (AvgIpc) is 3.03. The van der Waals surface area contributed by atoms with Gasteiger partial charge in [0.15, 0.2) is 5.82 Å². The molecule has 0 saturated heterocycles. The second-order valence-electron chi connectivity index (χ2n) is 5.29. The summed E-state index contributed by atoms with van der Waals surface area (Å²) in [6.07, 6.45) is 1.65. The minimum atomic E-state index is -0.126. The highest BCUT2D eigenvalue weighted by Gasteiger charge is 2.20. The molecule has 120 valence electrons. The van der Waals surface area contributed by atoms with Crippen molar-refractivity contribution in [1.29, 1.82) is 0 Å². The summed E-state index contributed by atoms with van der Waals surface area (Å²) in [6.45, 7) is 1.22. The molecule has 3 heterocycles. The van der Waals surface area contributed by atoms with Gasteiger partial charge in [0, 0.05) is 18.3 Å². The predicted octanol–water partition coefficient (Wildman–Crippen LogP) is 3.06. The van der Waals surface area contributed by atoms with Crippen molar-refractivity contribution in [3.05, 3.63) is 52.3 Å². The van der Waals surface area contributed by atoms with E-state index < -0.39 is 0 Å². The molecule has 1 N–H and O–H groups in total. The first kappa shape index (κ1) is 15.1. The van der Waals surface area contributed by atoms with Gasteiger partial charge < -0.3 is 5.32 Å². The highest BCUT2D eigenvalue weighted by molar-refractivity contribution is 6.42. The summed E-state index contributed by atoms with van der Waals surface area (Å²) in [7, 11) is 0. The lowest BCUT2D eigenvalue weighted by Crippen LogP contribution is -2.35. The maximum Gasteiger partial charge on any atom is 0.269 e. The molecule has 0 unspecified atom stereocenters. The van der Waals surface area contributed by atoms with E-state index in [1.54, 1.807) is 41.2 Å². The molecule has 0 atom stereocenters. The van der Waals surface area contributed by atoms with E-state index in [9.17, 15) is 4.79 Å². The molecule has 1 aromatic carbocycles. The molecule has 2 aromatic heterocycles. The molecule has 1 amide bonds. The van der Waals surface area contributed by atoms with Crippen LogP contribution in [0.15, 0.2) is 36.5 Å². The number of nitrogens with one attached hydrogen (secondary N) is 1. The van der Waals surface area contributed by atoms with E-state index >= 15 is 0 Å². The van der Waals surface area contributed by atoms with Gasteiger partial charge in [0.2, 0.25) is 0 Å². The molecule has 0 fully saturated rings. The first-order chi connectivity index (χ1) is 11.6. The molecule has 0 saturated carbocycles. The zero-order chi connectivity index (χ0) is 16.7. The maximum atomic E-state index is 11.9. The van der Waals surface area contributed by atoms with Crippen LogP contribution in [0.3, 0.4) is 0 Å². The van der Waals surface area contributed by atoms with Crippen molar-refractivity contribution >= 4 is 29.1 Å². The minimum Gasteiger partial charge on any atom is -0.349 e. The number of halogens is 2. The van der Waals surface area contributed by atoms with Crippen LogP contribution in [-0.4, -0.2) is 32.2 Å². The Morgan fingerprint density at radius 3 is 2.75 bits per heavy atom. The Morgan fingerprint density at radius 1 is 1.08 bits per heavy atom. The quantitative estimate of drug-likeness (QED) is 0.762. The summed E-state index contributed by atoms with van der Waals surface area (Å²) < 4.78 is 1.69. The lowest BCUT2D eigenvalue weighted by molar-refractivity contribution is 0.0924. The standard InChI is InChI=1S/C16H11Cl2N5O/c17-10-2-1-9(7-11(10)18)15-19-4-3-12(21-15)13-8-14-16(24)20-5-6-23(14)22-13/h1-4,7-8H,5-6H2,(H,20,24). The van der Waals surface area contributed by atoms with Crippen LogP contribution < -0.4 is 5.32 Å². The third-order valence-electron chi connectivity index (χ3n) is 3.72. The van der Waals surface area contributed by atoms with Crippen LogP contribution in [0.2, 0.25) is 10.0 Å². The molecule has 1 aliphatic heterocycles. The van der Waals surface area contributed by atoms with Gasteiger partial charge in [0.25, 0.3) is 5.91 Å². The van der Waals surface area contributed by atoms with Crippen LogP contribution in [0.5, 0.6) is 0 Å². The van der Waals surface area contributed by atoms with E-state index in [2.05, 4.69) is 20.4 Å². The minimum absolute atomic E-state index is 0.126. The van der Waals surface area contributed by atoms with Gasteiger partial charge in [-0.25, -0.2) is 9.97 Å². The fourth-order valence-corrected chi connectivity index (χ4v) is 2.83. The number of aromatic nitrogens is 4. The molecule has 0 bridgehead atoms. The third kappa shape index (κ3) is 2.64. The Hall–Kier alpha value is -2.44. The number of nitrogens with zero attached hydrogens (tertiary/aromatic N) is 4. The van der Waals surface area contributed by atoms with Crippen LogP contribution in [0, 0.1) is 0 Å². The smallest absolute Gasteiger partial charge is 0.269 e. The van der Waals surface area contributed by atoms with Crippen molar-refractivity contribution in [2.45, 2.75) is 6.54 Å². The molecule has 3 aromatic rings. The largest absolute Gasteiger partial charge is 0.349 e. The van der Waals surface area contributed by atoms with E-state index in [0.717, 1.165) is 5.56 Å². The van der Waals surface area contributed by atoms with Crippen molar-refractivity contribution in [2.75, 3.05) is 6.54 Å². The molecular formula is C16H11Cl2N5O. The summed E-state index contributed by atoms with van der Waals surface area (Å²) in [6, 6.07) is 8.71. The number of benzene rings is 1. The van der Waals surface area contributed by atoms with Gasteiger partial charge in [0.05, 0.1) is 22.3 Å². The Morgan fingerprint density at radius 2 is 1.96 bits per heavy atom. The lowest BCUT2D eigenvalue weighted by atomic mass is 10.2. The number of hydrogen-bond acceptors (Lipinski definition) is 4. The van der Waals surface area contributed by atoms with Gasteiger partial charge in [0.1, 0.15) is 11.4 Å². The number of carbonyl (C=O) groups is 1. The summed E-state index contributed by atoms with van der Waals surface area (Å²) in [5.41, 5.74) is 2.56. The van der Waals surface area contributed by atoms with Gasteiger partial charge in [-0.2, -0.15) is 5.10 Å². The van der Waals surface area contributed by atoms with E-state index in [1.165, 1.54) is 0 Å². The van der Waals surface area contributed by atoms with Crippen molar-refractivity contribution in [3.8, 4) is 22.8 Å². The molecular weight excluding hydrogens is 349 g/mol. The lowest BCUT2D eigenvalue weighted by Gasteiger charge is -2.13. The van der Waals surface area contributed by atoms with E-state index in [1.807, 2.05) is 0 Å². The maximum absolute atomic E-state index is 11.9. The Labute approximate surface area is 147 Å². The van der Waals surface area contributed by atoms with Crippen LogP contribution in [-0.2, 0) is 6.54 Å². The van der Waals surface area contributed by atoms with Crippen molar-refractivity contribution in [1.82, 2.24) is 25.1 Å². The second-order valence-corrected chi connectivity index (χ2v) is 6.10. The summed E-state index contributed by atoms with van der Waals surface area (Å²) >= 11 is 12.0. The predicted molar refractivity (Wildman–Crippen MR) is 91.0 cm³/mol. The molecule has 4 rings (SSSR count). The molecule has 8 heteroatoms. The number of hydrogen-bond donors (Lipinski definition) is 1. The van der Waals surface area contributed by atoms with E-state index in [4.69, 9.17) is 23.2 Å². The van der Waals surface area contributed by atoms with Gasteiger partial charge in [-0.05, 0) is 30.3 Å². The molecule has 6 nitrogen and oxygen atoms in total. The monoisotopic (exact) mass is 359 g/mol. The van der Waals surface area contributed by atoms with Crippen LogP contribution in [0.1, 0.15) is 10.5 Å². The zero-order valence-corrected chi connectivity index (χ0v) is 13.8.